The van der Waals surface area contributed by atoms with Gasteiger partial charge in [-0.05, 0) is 65.6 Å². The number of amides is 1. The van der Waals surface area contributed by atoms with Gasteiger partial charge in [0.15, 0.2) is 0 Å². The van der Waals surface area contributed by atoms with Crippen molar-refractivity contribution in [2.45, 2.75) is 30.7 Å². The minimum Gasteiger partial charge on any atom is -0.480 e. The van der Waals surface area contributed by atoms with Gasteiger partial charge < -0.3 is 15.3 Å². The Labute approximate surface area is 191 Å². The first-order valence-electron chi connectivity index (χ1n) is 11.5. The fourth-order valence-corrected chi connectivity index (χ4v) is 6.40. The van der Waals surface area contributed by atoms with E-state index in [1.807, 2.05) is 24.3 Å². The Kier molecular flexibility index (Phi) is 4.64. The van der Waals surface area contributed by atoms with Crippen LogP contribution in [0.15, 0.2) is 60.7 Å². The van der Waals surface area contributed by atoms with Crippen molar-refractivity contribution in [2.75, 3.05) is 18.0 Å². The lowest BCUT2D eigenvalue weighted by Crippen LogP contribution is -2.46. The monoisotopic (exact) mass is 444 g/mol. The molecule has 6 heteroatoms. The van der Waals surface area contributed by atoms with Crippen molar-refractivity contribution in [3.63, 3.8) is 0 Å². The Morgan fingerprint density at radius 3 is 2.48 bits per heavy atom. The molecule has 2 aliphatic heterocycles. The summed E-state index contributed by atoms with van der Waals surface area (Å²) in [6.45, 7) is 0.523. The first kappa shape index (κ1) is 20.2. The Morgan fingerprint density at radius 1 is 1.03 bits per heavy atom. The van der Waals surface area contributed by atoms with Crippen LogP contribution in [-0.2, 0) is 4.79 Å². The topological polar surface area (TPSA) is 69.6 Å². The van der Waals surface area contributed by atoms with Gasteiger partial charge in [0.1, 0.15) is 12.4 Å². The van der Waals surface area contributed by atoms with Gasteiger partial charge in [-0.15, -0.1) is 0 Å². The van der Waals surface area contributed by atoms with Crippen LogP contribution < -0.4 is 10.2 Å². The number of nitrogens with one attached hydrogen (secondary N) is 1. The van der Waals surface area contributed by atoms with E-state index in [-0.39, 0.29) is 29.6 Å². The molecule has 0 unspecified atom stereocenters. The smallest absolute Gasteiger partial charge is 0.322 e. The molecule has 2 heterocycles. The highest BCUT2D eigenvalue weighted by Gasteiger charge is 2.48. The Bertz CT molecular complexity index is 1190. The third kappa shape index (κ3) is 3.19. The number of carboxylic acids is 1. The van der Waals surface area contributed by atoms with E-state index < -0.39 is 12.5 Å². The standard InChI is InChI=1S/C27H25FN2O3/c28-18-9-7-15(8-10-18)25-21-6-2-5-20(21)23-12-17(27(33)29-13-24(31)32)11-22-19-4-1-3-16(19)14-30(25)26(22)23/h1-2,4-5,7-12,16,19-21,25H,3,6,13-14H2,(H,29,33)(H,31,32)/t16-,19-,20-,21+,25+/m1/s1. The molecule has 5 nitrogen and oxygen atoms in total. The molecule has 0 radical (unpaired) electrons. The molecule has 0 spiro atoms. The quantitative estimate of drug-likeness (QED) is 0.680. The lowest BCUT2D eigenvalue weighted by atomic mass is 9.70. The van der Waals surface area contributed by atoms with E-state index >= 15 is 0 Å². The van der Waals surface area contributed by atoms with Crippen molar-refractivity contribution in [2.24, 2.45) is 11.8 Å². The molecule has 0 fully saturated rings. The Hall–Kier alpha value is -3.41. The van der Waals surface area contributed by atoms with Gasteiger partial charge in [-0.25, -0.2) is 4.39 Å². The first-order valence-corrected chi connectivity index (χ1v) is 11.5. The Morgan fingerprint density at radius 2 is 1.73 bits per heavy atom. The van der Waals surface area contributed by atoms with Crippen LogP contribution in [0.2, 0.25) is 0 Å². The molecular weight excluding hydrogens is 419 g/mol. The number of fused-ring (bicyclic) bond motifs is 4. The molecule has 2 aromatic carbocycles. The number of rotatable bonds is 4. The maximum atomic E-state index is 13.7. The average molecular weight is 445 g/mol. The summed E-state index contributed by atoms with van der Waals surface area (Å²) in [5.74, 6) is -0.500. The van der Waals surface area contributed by atoms with Crippen LogP contribution in [0.4, 0.5) is 10.1 Å². The number of allylic oxidation sites excluding steroid dienone is 4. The number of carboxylic acid groups (broad SMARTS) is 1. The van der Waals surface area contributed by atoms with Crippen molar-refractivity contribution in [1.29, 1.82) is 0 Å². The number of hydrogen-bond acceptors (Lipinski definition) is 3. The van der Waals surface area contributed by atoms with Crippen molar-refractivity contribution in [3.05, 3.63) is 88.8 Å². The summed E-state index contributed by atoms with van der Waals surface area (Å²) < 4.78 is 13.7. The first-order chi connectivity index (χ1) is 16.0. The Balaban J connectivity index is 1.51. The highest BCUT2D eigenvalue weighted by atomic mass is 19.1. The van der Waals surface area contributed by atoms with Crippen LogP contribution in [-0.4, -0.2) is 30.1 Å². The molecule has 0 saturated carbocycles. The molecule has 2 N–H and O–H groups in total. The summed E-state index contributed by atoms with van der Waals surface area (Å²) in [5, 5.41) is 11.5. The number of halogens is 1. The third-order valence-corrected chi connectivity index (χ3v) is 7.72. The number of carbonyl (C=O) groups excluding carboxylic acids is 1. The molecule has 0 bridgehead atoms. The molecule has 2 aromatic rings. The second-order valence-corrected chi connectivity index (χ2v) is 9.53. The van der Waals surface area contributed by atoms with Crippen molar-refractivity contribution in [3.8, 4) is 0 Å². The zero-order valence-corrected chi connectivity index (χ0v) is 18.1. The van der Waals surface area contributed by atoms with E-state index in [0.29, 0.717) is 17.4 Å². The van der Waals surface area contributed by atoms with E-state index in [1.54, 1.807) is 12.1 Å². The second-order valence-electron chi connectivity index (χ2n) is 9.53. The zero-order valence-electron chi connectivity index (χ0n) is 18.1. The van der Waals surface area contributed by atoms with Gasteiger partial charge in [-0.3, -0.25) is 9.59 Å². The van der Waals surface area contributed by atoms with Crippen LogP contribution >= 0.6 is 0 Å². The minimum atomic E-state index is -1.06. The molecule has 168 valence electrons. The summed E-state index contributed by atoms with van der Waals surface area (Å²) >= 11 is 0. The van der Waals surface area contributed by atoms with Crippen LogP contribution in [0.5, 0.6) is 0 Å². The zero-order chi connectivity index (χ0) is 22.7. The largest absolute Gasteiger partial charge is 0.480 e. The predicted molar refractivity (Wildman–Crippen MR) is 123 cm³/mol. The lowest BCUT2D eigenvalue weighted by Gasteiger charge is -2.51. The number of anilines is 1. The highest BCUT2D eigenvalue weighted by molar-refractivity contribution is 5.97. The number of hydrogen-bond donors (Lipinski definition) is 2. The maximum absolute atomic E-state index is 13.7. The highest BCUT2D eigenvalue weighted by Crippen LogP contribution is 2.58. The fraction of sp³-hybridized carbons (Fsp3) is 0.333. The molecule has 0 aromatic heterocycles. The van der Waals surface area contributed by atoms with E-state index in [1.165, 1.54) is 5.69 Å². The van der Waals surface area contributed by atoms with Gasteiger partial charge >= 0.3 is 5.97 Å². The van der Waals surface area contributed by atoms with Crippen molar-refractivity contribution < 1.29 is 19.1 Å². The van der Waals surface area contributed by atoms with Gasteiger partial charge in [0.05, 0.1) is 6.04 Å². The number of benzene rings is 2. The van der Waals surface area contributed by atoms with E-state index in [9.17, 15) is 14.0 Å². The van der Waals surface area contributed by atoms with Gasteiger partial charge in [0.25, 0.3) is 5.91 Å². The SMILES string of the molecule is O=C(O)CNC(=O)c1cc2c3c(c1)[C@@H]1C=CC[C@@H]1[C@H](c1ccc(F)cc1)N3C[C@H]1CC=C[C@@H]21. The van der Waals surface area contributed by atoms with Gasteiger partial charge in [0.2, 0.25) is 0 Å². The molecule has 6 rings (SSSR count). The van der Waals surface area contributed by atoms with Crippen LogP contribution in [0.3, 0.4) is 0 Å². The van der Waals surface area contributed by atoms with Crippen LogP contribution in [0.1, 0.15) is 57.8 Å². The van der Waals surface area contributed by atoms with Gasteiger partial charge in [0, 0.05) is 29.6 Å². The molecule has 33 heavy (non-hydrogen) atoms. The second kappa shape index (κ2) is 7.58. The van der Waals surface area contributed by atoms with Crippen LogP contribution in [0, 0.1) is 17.7 Å². The lowest BCUT2D eigenvalue weighted by molar-refractivity contribution is -0.135. The van der Waals surface area contributed by atoms with Crippen molar-refractivity contribution in [1.82, 2.24) is 5.32 Å². The molecule has 4 aliphatic rings. The van der Waals surface area contributed by atoms with E-state index in [2.05, 4.69) is 34.5 Å². The third-order valence-electron chi connectivity index (χ3n) is 7.72. The average Bonchev–Trinajstić information content (AvgIpc) is 3.48. The summed E-state index contributed by atoms with van der Waals surface area (Å²) in [7, 11) is 0. The van der Waals surface area contributed by atoms with Crippen LogP contribution in [0.25, 0.3) is 0 Å². The molecule has 5 atom stereocenters. The maximum Gasteiger partial charge on any atom is 0.322 e. The van der Waals surface area contributed by atoms with Gasteiger partial charge in [-0.1, -0.05) is 36.4 Å². The predicted octanol–water partition coefficient (Wildman–Crippen LogP) is 4.53. The molecular formula is C27H25FN2O3. The molecule has 0 saturated heterocycles. The number of aliphatic carboxylic acids is 1. The number of nitrogens with zero attached hydrogens (tertiary/aromatic N) is 1. The normalized spacial score (nSPS) is 28.3. The summed E-state index contributed by atoms with van der Waals surface area (Å²) in [4.78, 5) is 26.3. The molecule has 2 aliphatic carbocycles. The summed E-state index contributed by atoms with van der Waals surface area (Å²) in [5.41, 5.74) is 5.12. The fourth-order valence-electron chi connectivity index (χ4n) is 6.40. The summed E-state index contributed by atoms with van der Waals surface area (Å²) in [6, 6.07) is 11.0. The van der Waals surface area contributed by atoms with Gasteiger partial charge in [-0.2, -0.15) is 0 Å². The van der Waals surface area contributed by atoms with E-state index in [4.69, 9.17) is 5.11 Å². The van der Waals surface area contributed by atoms with E-state index in [0.717, 1.165) is 36.1 Å². The molecule has 1 amide bonds. The number of carbonyl (C=O) groups is 2. The van der Waals surface area contributed by atoms with Crippen molar-refractivity contribution >= 4 is 17.6 Å². The minimum absolute atomic E-state index is 0.144. The summed E-state index contributed by atoms with van der Waals surface area (Å²) in [6.07, 6.45) is 10.9.